The molecule has 6 heteroatoms. The van der Waals surface area contributed by atoms with E-state index in [0.29, 0.717) is 26.5 Å². The molecule has 0 saturated carbocycles. The zero-order valence-corrected chi connectivity index (χ0v) is 13.5. The summed E-state index contributed by atoms with van der Waals surface area (Å²) < 4.78 is 20.2. The van der Waals surface area contributed by atoms with Gasteiger partial charge < -0.3 is 10.5 Å². The Labute approximate surface area is 132 Å². The molecule has 2 N–H and O–H groups in total. The van der Waals surface area contributed by atoms with Crippen LogP contribution in [-0.4, -0.2) is 0 Å². The van der Waals surface area contributed by atoms with E-state index < -0.39 is 0 Å². The van der Waals surface area contributed by atoms with Gasteiger partial charge in [0, 0.05) is 15.1 Å². The normalized spacial score (nSPS) is 10.5. The molecule has 0 fully saturated rings. The van der Waals surface area contributed by atoms with Crippen LogP contribution in [0.25, 0.3) is 0 Å². The van der Waals surface area contributed by atoms with Crippen molar-refractivity contribution >= 4 is 49.1 Å². The molecule has 0 saturated heterocycles. The Balaban J connectivity index is 2.21. The van der Waals surface area contributed by atoms with Gasteiger partial charge in [-0.15, -0.1) is 0 Å². The summed E-state index contributed by atoms with van der Waals surface area (Å²) >= 11 is 12.5. The second-order valence-corrected chi connectivity index (χ2v) is 5.98. The molecular weight excluding hydrogens is 400 g/mol. The summed E-state index contributed by atoms with van der Waals surface area (Å²) in [5, 5.41) is 0.517. The summed E-state index contributed by atoms with van der Waals surface area (Å²) in [6.07, 6.45) is 0. The monoisotopic (exact) mass is 407 g/mol. The van der Waals surface area contributed by atoms with Crippen molar-refractivity contribution in [3.63, 3.8) is 0 Å². The number of benzene rings is 2. The number of anilines is 1. The highest BCUT2D eigenvalue weighted by molar-refractivity contribution is 9.10. The van der Waals surface area contributed by atoms with Gasteiger partial charge in [0.05, 0.1) is 10.2 Å². The van der Waals surface area contributed by atoms with E-state index in [1.807, 2.05) is 0 Å². The van der Waals surface area contributed by atoms with Crippen LogP contribution in [0.2, 0.25) is 5.02 Å². The lowest BCUT2D eigenvalue weighted by molar-refractivity contribution is 0.304. The Morgan fingerprint density at radius 1 is 1.16 bits per heavy atom. The van der Waals surface area contributed by atoms with E-state index in [2.05, 4.69) is 31.9 Å². The molecule has 2 aromatic carbocycles. The largest absolute Gasteiger partial charge is 0.486 e. The summed E-state index contributed by atoms with van der Waals surface area (Å²) in [6, 6.07) is 7.70. The topological polar surface area (TPSA) is 35.2 Å². The molecule has 19 heavy (non-hydrogen) atoms. The van der Waals surface area contributed by atoms with E-state index in [1.54, 1.807) is 18.2 Å². The number of nitrogen functional groups attached to an aromatic ring is 1. The Hall–Kier alpha value is -0.780. The number of halogens is 4. The lowest BCUT2D eigenvalue weighted by atomic mass is 10.2. The maximum absolute atomic E-state index is 13.2. The van der Waals surface area contributed by atoms with Crippen molar-refractivity contribution in [2.24, 2.45) is 0 Å². The average molecular weight is 409 g/mol. The van der Waals surface area contributed by atoms with E-state index in [4.69, 9.17) is 22.1 Å². The van der Waals surface area contributed by atoms with Crippen LogP contribution in [0.4, 0.5) is 10.1 Å². The first-order valence-electron chi connectivity index (χ1n) is 5.28. The number of rotatable bonds is 3. The molecule has 0 heterocycles. The lowest BCUT2D eigenvalue weighted by Crippen LogP contribution is -2.01. The van der Waals surface area contributed by atoms with Gasteiger partial charge in [0.15, 0.2) is 5.75 Å². The van der Waals surface area contributed by atoms with Gasteiger partial charge in [-0.05, 0) is 46.3 Å². The van der Waals surface area contributed by atoms with Crippen LogP contribution in [0.1, 0.15) is 5.56 Å². The van der Waals surface area contributed by atoms with Crippen molar-refractivity contribution in [2.45, 2.75) is 6.61 Å². The van der Waals surface area contributed by atoms with Gasteiger partial charge in [0.1, 0.15) is 12.4 Å². The highest BCUT2D eigenvalue weighted by Crippen LogP contribution is 2.35. The summed E-state index contributed by atoms with van der Waals surface area (Å²) in [7, 11) is 0. The van der Waals surface area contributed by atoms with Gasteiger partial charge >= 0.3 is 0 Å². The van der Waals surface area contributed by atoms with Crippen LogP contribution in [0.15, 0.2) is 39.3 Å². The standard InChI is InChI=1S/C13H9Br2ClFNO/c14-10-2-1-9(17)3-7(10)6-19-13-11(15)4-8(16)5-12(13)18/h1-5H,6,18H2. The van der Waals surface area contributed by atoms with Gasteiger partial charge in [0.2, 0.25) is 0 Å². The van der Waals surface area contributed by atoms with Crippen LogP contribution < -0.4 is 10.5 Å². The van der Waals surface area contributed by atoms with Crippen LogP contribution in [0, 0.1) is 5.82 Å². The van der Waals surface area contributed by atoms with Gasteiger partial charge in [-0.2, -0.15) is 0 Å². The third-order valence-corrected chi connectivity index (χ3v) is 4.00. The number of hydrogen-bond donors (Lipinski definition) is 1. The van der Waals surface area contributed by atoms with Crippen LogP contribution in [0.5, 0.6) is 5.75 Å². The molecule has 0 radical (unpaired) electrons. The summed E-state index contributed by atoms with van der Waals surface area (Å²) in [6.45, 7) is 0.197. The van der Waals surface area contributed by atoms with Gasteiger partial charge in [0.25, 0.3) is 0 Å². The van der Waals surface area contributed by atoms with E-state index in [1.165, 1.54) is 12.1 Å². The molecule has 0 atom stereocenters. The van der Waals surface area contributed by atoms with E-state index in [0.717, 1.165) is 4.47 Å². The maximum atomic E-state index is 13.2. The van der Waals surface area contributed by atoms with Crippen molar-refractivity contribution in [2.75, 3.05) is 5.73 Å². The Kier molecular flexibility index (Phi) is 4.71. The highest BCUT2D eigenvalue weighted by Gasteiger charge is 2.09. The van der Waals surface area contributed by atoms with Gasteiger partial charge in [-0.1, -0.05) is 27.5 Å². The van der Waals surface area contributed by atoms with E-state index >= 15 is 0 Å². The second-order valence-electron chi connectivity index (χ2n) is 3.83. The van der Waals surface area contributed by atoms with Crippen molar-refractivity contribution in [1.29, 1.82) is 0 Å². The van der Waals surface area contributed by atoms with Crippen molar-refractivity contribution in [3.8, 4) is 5.75 Å². The van der Waals surface area contributed by atoms with Crippen molar-refractivity contribution in [3.05, 3.63) is 55.7 Å². The fourth-order valence-electron chi connectivity index (χ4n) is 1.54. The Morgan fingerprint density at radius 2 is 1.89 bits per heavy atom. The van der Waals surface area contributed by atoms with Crippen molar-refractivity contribution < 1.29 is 9.13 Å². The quantitative estimate of drug-likeness (QED) is 0.711. The van der Waals surface area contributed by atoms with Crippen LogP contribution in [0.3, 0.4) is 0 Å². The molecular formula is C13H9Br2ClFNO. The Morgan fingerprint density at radius 3 is 2.58 bits per heavy atom. The SMILES string of the molecule is Nc1cc(Cl)cc(Br)c1OCc1cc(F)ccc1Br. The van der Waals surface area contributed by atoms with E-state index in [-0.39, 0.29) is 12.4 Å². The first-order chi connectivity index (χ1) is 8.97. The molecule has 2 rings (SSSR count). The predicted octanol–water partition coefficient (Wildman–Crippen LogP) is 5.17. The van der Waals surface area contributed by atoms with E-state index in [9.17, 15) is 4.39 Å². The lowest BCUT2D eigenvalue weighted by Gasteiger charge is -2.12. The predicted molar refractivity (Wildman–Crippen MR) is 82.0 cm³/mol. The molecule has 2 nitrogen and oxygen atoms in total. The van der Waals surface area contributed by atoms with Crippen LogP contribution >= 0.6 is 43.5 Å². The van der Waals surface area contributed by atoms with Crippen LogP contribution in [-0.2, 0) is 6.61 Å². The third-order valence-electron chi connectivity index (χ3n) is 2.42. The number of nitrogens with two attached hydrogens (primary N) is 1. The molecule has 0 spiro atoms. The summed E-state index contributed by atoms with van der Waals surface area (Å²) in [5.74, 6) is 0.172. The number of hydrogen-bond acceptors (Lipinski definition) is 2. The first kappa shape index (κ1) is 14.6. The molecule has 0 aliphatic carbocycles. The van der Waals surface area contributed by atoms with Gasteiger partial charge in [-0.25, -0.2) is 4.39 Å². The molecule has 0 bridgehead atoms. The highest BCUT2D eigenvalue weighted by atomic mass is 79.9. The summed E-state index contributed by atoms with van der Waals surface area (Å²) in [5.41, 5.74) is 6.95. The zero-order chi connectivity index (χ0) is 14.0. The second kappa shape index (κ2) is 6.11. The molecule has 0 aromatic heterocycles. The summed E-state index contributed by atoms with van der Waals surface area (Å²) in [4.78, 5) is 0. The fraction of sp³-hybridized carbons (Fsp3) is 0.0769. The Bertz CT molecular complexity index is 599. The molecule has 0 amide bonds. The minimum Gasteiger partial charge on any atom is -0.486 e. The third kappa shape index (κ3) is 3.61. The average Bonchev–Trinajstić information content (AvgIpc) is 2.32. The molecule has 0 aliphatic rings. The smallest absolute Gasteiger partial charge is 0.156 e. The molecule has 0 unspecified atom stereocenters. The molecule has 2 aromatic rings. The van der Waals surface area contributed by atoms with Gasteiger partial charge in [-0.3, -0.25) is 0 Å². The maximum Gasteiger partial charge on any atom is 0.156 e. The zero-order valence-electron chi connectivity index (χ0n) is 9.59. The van der Waals surface area contributed by atoms with Crippen molar-refractivity contribution in [1.82, 2.24) is 0 Å². The molecule has 100 valence electrons. The first-order valence-corrected chi connectivity index (χ1v) is 7.25. The number of ether oxygens (including phenoxy) is 1. The molecule has 0 aliphatic heterocycles. The minimum absolute atomic E-state index is 0.197. The fourth-order valence-corrected chi connectivity index (χ4v) is 2.85. The minimum atomic E-state index is -0.315.